The topological polar surface area (TPSA) is 92.0 Å². The molecule has 1 saturated heterocycles. The number of hydrogen-bond acceptors (Lipinski definition) is 5. The van der Waals surface area contributed by atoms with Crippen LogP contribution in [0.2, 0.25) is 0 Å². The van der Waals surface area contributed by atoms with Crippen molar-refractivity contribution in [2.24, 2.45) is 4.99 Å². The van der Waals surface area contributed by atoms with Crippen molar-refractivity contribution in [2.45, 2.75) is 45.6 Å². The molecule has 2 aromatic rings. The van der Waals surface area contributed by atoms with Gasteiger partial charge in [0.15, 0.2) is 5.96 Å². The number of guanidine groups is 1. The fourth-order valence-corrected chi connectivity index (χ4v) is 3.45. The first kappa shape index (κ1) is 23.8. The normalized spacial score (nSPS) is 16.0. The summed E-state index contributed by atoms with van der Waals surface area (Å²) in [5, 5.41) is 6.58. The highest BCUT2D eigenvalue weighted by Gasteiger charge is 2.27. The van der Waals surface area contributed by atoms with E-state index in [1.54, 1.807) is 6.20 Å². The van der Waals surface area contributed by atoms with Gasteiger partial charge >= 0.3 is 0 Å². The van der Waals surface area contributed by atoms with Crippen LogP contribution in [0.5, 0.6) is 0 Å². The van der Waals surface area contributed by atoms with Gasteiger partial charge in [-0.15, -0.1) is 0 Å². The van der Waals surface area contributed by atoms with Gasteiger partial charge in [-0.3, -0.25) is 4.79 Å². The molecule has 0 bridgehead atoms. The van der Waals surface area contributed by atoms with Crippen molar-refractivity contribution in [3.05, 3.63) is 53.7 Å². The maximum absolute atomic E-state index is 13.3. The molecule has 8 heteroatoms. The number of hydrogen-bond donors (Lipinski definition) is 2. The summed E-state index contributed by atoms with van der Waals surface area (Å²) in [4.78, 5) is 24.1. The van der Waals surface area contributed by atoms with Crippen LogP contribution in [-0.2, 0) is 21.5 Å². The van der Waals surface area contributed by atoms with Crippen LogP contribution < -0.4 is 10.6 Å². The lowest BCUT2D eigenvalue weighted by atomic mass is 9.94. The minimum atomic E-state index is -0.313. The molecule has 1 aromatic carbocycles. The zero-order valence-electron chi connectivity index (χ0n) is 19.6. The Balaban J connectivity index is 1.70. The number of aromatic nitrogens is 1. The second kappa shape index (κ2) is 11.1. The standard InChI is InChI=1S/C24H35N5O3/c1-5-25-23(28-17-21-26-16-20(32-21)24(2,3)4)27-15-19(18-9-7-6-8-10-18)22(30)29-11-13-31-14-12-29/h6-10,16,19H,5,11-15,17H2,1-4H3,(H2,25,27,28). The minimum Gasteiger partial charge on any atom is -0.443 e. The summed E-state index contributed by atoms with van der Waals surface area (Å²) in [5.41, 5.74) is 0.885. The smallest absolute Gasteiger partial charge is 0.232 e. The number of oxazole rings is 1. The Hall–Kier alpha value is -2.87. The summed E-state index contributed by atoms with van der Waals surface area (Å²) in [6.45, 7) is 12.1. The Bertz CT molecular complexity index is 883. The minimum absolute atomic E-state index is 0.0968. The molecule has 1 atom stereocenters. The number of nitrogens with zero attached hydrogens (tertiary/aromatic N) is 3. The van der Waals surface area contributed by atoms with Crippen molar-refractivity contribution < 1.29 is 13.9 Å². The van der Waals surface area contributed by atoms with E-state index in [1.807, 2.05) is 42.2 Å². The largest absolute Gasteiger partial charge is 0.443 e. The van der Waals surface area contributed by atoms with Crippen molar-refractivity contribution in [3.8, 4) is 0 Å². The lowest BCUT2D eigenvalue weighted by Gasteiger charge is -2.31. The van der Waals surface area contributed by atoms with Crippen LogP contribution in [0, 0.1) is 0 Å². The van der Waals surface area contributed by atoms with Gasteiger partial charge < -0.3 is 24.7 Å². The van der Waals surface area contributed by atoms with Gasteiger partial charge in [-0.25, -0.2) is 9.98 Å². The number of morpholine rings is 1. The van der Waals surface area contributed by atoms with E-state index in [0.29, 0.717) is 57.8 Å². The molecule has 0 spiro atoms. The zero-order valence-corrected chi connectivity index (χ0v) is 19.6. The van der Waals surface area contributed by atoms with Crippen LogP contribution in [0.4, 0.5) is 0 Å². The summed E-state index contributed by atoms with van der Waals surface area (Å²) in [7, 11) is 0. The second-order valence-electron chi connectivity index (χ2n) is 8.85. The maximum atomic E-state index is 13.3. The van der Waals surface area contributed by atoms with Gasteiger partial charge in [0.25, 0.3) is 0 Å². The first-order valence-corrected chi connectivity index (χ1v) is 11.3. The molecule has 0 radical (unpaired) electrons. The van der Waals surface area contributed by atoms with E-state index in [9.17, 15) is 4.79 Å². The van der Waals surface area contributed by atoms with Crippen molar-refractivity contribution in [2.75, 3.05) is 39.4 Å². The van der Waals surface area contributed by atoms with Gasteiger partial charge in [0.05, 0.1) is 25.3 Å². The Kier molecular flexibility index (Phi) is 8.27. The lowest BCUT2D eigenvalue weighted by molar-refractivity contribution is -0.136. The zero-order chi connectivity index (χ0) is 23.0. The Labute approximate surface area is 190 Å². The number of nitrogens with one attached hydrogen (secondary N) is 2. The van der Waals surface area contributed by atoms with E-state index in [4.69, 9.17) is 9.15 Å². The predicted molar refractivity (Wildman–Crippen MR) is 125 cm³/mol. The quantitative estimate of drug-likeness (QED) is 0.507. The monoisotopic (exact) mass is 441 g/mol. The third-order valence-electron chi connectivity index (χ3n) is 5.31. The van der Waals surface area contributed by atoms with Crippen LogP contribution in [0.1, 0.15) is 50.8 Å². The molecule has 174 valence electrons. The van der Waals surface area contributed by atoms with Gasteiger partial charge in [0, 0.05) is 31.6 Å². The highest BCUT2D eigenvalue weighted by atomic mass is 16.5. The van der Waals surface area contributed by atoms with E-state index in [1.165, 1.54) is 0 Å². The van der Waals surface area contributed by atoms with Crippen molar-refractivity contribution in [1.82, 2.24) is 20.5 Å². The molecule has 1 fully saturated rings. The fraction of sp³-hybridized carbons (Fsp3) is 0.542. The van der Waals surface area contributed by atoms with E-state index in [2.05, 4.69) is 41.4 Å². The summed E-state index contributed by atoms with van der Waals surface area (Å²) < 4.78 is 11.3. The molecule has 0 aliphatic carbocycles. The molecule has 2 N–H and O–H groups in total. The summed E-state index contributed by atoms with van der Waals surface area (Å²) >= 11 is 0. The van der Waals surface area contributed by atoms with Crippen molar-refractivity contribution >= 4 is 11.9 Å². The molecule has 0 saturated carbocycles. The van der Waals surface area contributed by atoms with E-state index in [0.717, 1.165) is 11.3 Å². The fourth-order valence-electron chi connectivity index (χ4n) is 3.45. The molecule has 1 aliphatic heterocycles. The molecule has 3 rings (SSSR count). The average Bonchev–Trinajstić information content (AvgIpc) is 3.28. The highest BCUT2D eigenvalue weighted by molar-refractivity contribution is 5.86. The molecule has 1 amide bonds. The van der Waals surface area contributed by atoms with E-state index < -0.39 is 0 Å². The van der Waals surface area contributed by atoms with Crippen LogP contribution >= 0.6 is 0 Å². The summed E-state index contributed by atoms with van der Waals surface area (Å²) in [6.07, 6.45) is 1.76. The number of carbonyl (C=O) groups is 1. The third kappa shape index (κ3) is 6.56. The van der Waals surface area contributed by atoms with E-state index in [-0.39, 0.29) is 17.2 Å². The van der Waals surface area contributed by atoms with Gasteiger partial charge in [0.2, 0.25) is 11.8 Å². The van der Waals surface area contributed by atoms with E-state index >= 15 is 0 Å². The molecule has 2 heterocycles. The average molecular weight is 442 g/mol. The number of amides is 1. The molecular weight excluding hydrogens is 406 g/mol. The number of aliphatic imine (C=N–C) groups is 1. The summed E-state index contributed by atoms with van der Waals surface area (Å²) in [5.74, 6) is 1.81. The molecule has 1 aliphatic rings. The molecule has 8 nitrogen and oxygen atoms in total. The Morgan fingerprint density at radius 3 is 2.53 bits per heavy atom. The lowest BCUT2D eigenvalue weighted by Crippen LogP contribution is -2.47. The molecule has 1 aromatic heterocycles. The van der Waals surface area contributed by atoms with Gasteiger partial charge in [0.1, 0.15) is 12.3 Å². The van der Waals surface area contributed by atoms with Gasteiger partial charge in [-0.1, -0.05) is 51.1 Å². The first-order chi connectivity index (χ1) is 15.4. The molecule has 1 unspecified atom stereocenters. The molecular formula is C24H35N5O3. The molecule has 32 heavy (non-hydrogen) atoms. The highest BCUT2D eigenvalue weighted by Crippen LogP contribution is 2.23. The van der Waals surface area contributed by atoms with Crippen LogP contribution in [0.25, 0.3) is 0 Å². The predicted octanol–water partition coefficient (Wildman–Crippen LogP) is 2.67. The Morgan fingerprint density at radius 1 is 1.19 bits per heavy atom. The number of carbonyl (C=O) groups excluding carboxylic acids is 1. The number of rotatable bonds is 7. The third-order valence-corrected chi connectivity index (χ3v) is 5.31. The van der Waals surface area contributed by atoms with Gasteiger partial charge in [-0.05, 0) is 12.5 Å². The summed E-state index contributed by atoms with van der Waals surface area (Å²) in [6, 6.07) is 9.87. The van der Waals surface area contributed by atoms with Crippen molar-refractivity contribution in [3.63, 3.8) is 0 Å². The van der Waals surface area contributed by atoms with Crippen LogP contribution in [0.3, 0.4) is 0 Å². The first-order valence-electron chi connectivity index (χ1n) is 11.3. The van der Waals surface area contributed by atoms with Crippen molar-refractivity contribution in [1.29, 1.82) is 0 Å². The second-order valence-corrected chi connectivity index (χ2v) is 8.85. The SMILES string of the molecule is CCNC(=NCc1ncc(C(C)(C)C)o1)NCC(C(=O)N1CCOCC1)c1ccccc1. The van der Waals surface area contributed by atoms with Crippen LogP contribution in [-0.4, -0.2) is 61.1 Å². The van der Waals surface area contributed by atoms with Crippen LogP contribution in [0.15, 0.2) is 45.9 Å². The number of ether oxygens (including phenoxy) is 1. The maximum Gasteiger partial charge on any atom is 0.232 e. The van der Waals surface area contributed by atoms with Gasteiger partial charge in [-0.2, -0.15) is 0 Å². The Morgan fingerprint density at radius 2 is 1.91 bits per heavy atom. The number of benzene rings is 1.